The highest BCUT2D eigenvalue weighted by atomic mass is 32.1. The van der Waals surface area contributed by atoms with Gasteiger partial charge in [-0.1, -0.05) is 18.9 Å². The van der Waals surface area contributed by atoms with Crippen molar-refractivity contribution in [1.82, 2.24) is 9.55 Å². The number of carbonyl (C=O) groups is 1. The molecule has 0 saturated heterocycles. The molecule has 0 aliphatic rings. The third kappa shape index (κ3) is 5.22. The fourth-order valence-electron chi connectivity index (χ4n) is 3.06. The second-order valence-corrected chi connectivity index (χ2v) is 7.45. The monoisotopic (exact) mass is 456 g/mol. The Morgan fingerprint density at radius 3 is 2.65 bits per heavy atom. The fourth-order valence-corrected chi connectivity index (χ4v) is 3.27. The second-order valence-electron chi connectivity index (χ2n) is 7.05. The molecule has 0 spiro atoms. The van der Waals surface area contributed by atoms with Gasteiger partial charge in [0.2, 0.25) is 0 Å². The summed E-state index contributed by atoms with van der Waals surface area (Å²) in [5, 5.41) is 2.53. The van der Waals surface area contributed by atoms with Crippen LogP contribution in [-0.4, -0.2) is 27.9 Å². The molecule has 0 fully saturated rings. The smallest absolute Gasteiger partial charge is 0.406 e. The van der Waals surface area contributed by atoms with Gasteiger partial charge in [0.1, 0.15) is 29.6 Å². The molecule has 1 N–H and O–H groups in total. The van der Waals surface area contributed by atoms with Crippen LogP contribution in [0.15, 0.2) is 36.4 Å². The number of ether oxygens (including phenoxy) is 1. The van der Waals surface area contributed by atoms with Crippen LogP contribution in [0.4, 0.5) is 33.7 Å². The number of hydrogen-bond donors (Lipinski definition) is 2. The number of aryl methyl sites for hydroxylation is 1. The summed E-state index contributed by atoms with van der Waals surface area (Å²) in [6, 6.07) is 7.36. The summed E-state index contributed by atoms with van der Waals surface area (Å²) in [4.78, 5) is 17.0. The van der Waals surface area contributed by atoms with Crippen LogP contribution in [0.2, 0.25) is 0 Å². The van der Waals surface area contributed by atoms with Gasteiger partial charge >= 0.3 is 12.2 Å². The van der Waals surface area contributed by atoms with Gasteiger partial charge in [0, 0.05) is 6.07 Å². The molecule has 2 aromatic carbocycles. The number of hydrogen-bond acceptors (Lipinski definition) is 4. The van der Waals surface area contributed by atoms with E-state index in [1.165, 1.54) is 25.1 Å². The highest BCUT2D eigenvalue weighted by Crippen LogP contribution is 2.33. The van der Waals surface area contributed by atoms with Crippen molar-refractivity contribution in [2.24, 2.45) is 0 Å². The lowest BCUT2D eigenvalue weighted by Crippen LogP contribution is -2.28. The lowest BCUT2D eigenvalue weighted by Gasteiger charge is -2.21. The lowest BCUT2D eigenvalue weighted by atomic mass is 10.2. The first-order chi connectivity index (χ1) is 14.5. The van der Waals surface area contributed by atoms with E-state index in [1.807, 2.05) is 0 Å². The molecule has 0 bridgehead atoms. The third-order valence-electron chi connectivity index (χ3n) is 4.24. The number of amides is 2. The molecule has 0 saturated carbocycles. The minimum Gasteiger partial charge on any atom is -0.489 e. The lowest BCUT2D eigenvalue weighted by molar-refractivity contribution is -0.140. The van der Waals surface area contributed by atoms with Gasteiger partial charge in [-0.05, 0) is 45.0 Å². The average Bonchev–Trinajstić information content (AvgIpc) is 2.97. The van der Waals surface area contributed by atoms with Crippen LogP contribution in [-0.2, 0) is 6.54 Å². The summed E-state index contributed by atoms with van der Waals surface area (Å²) < 4.78 is 60.3. The summed E-state index contributed by atoms with van der Waals surface area (Å²) in [6.45, 7) is 3.72. The maximum absolute atomic E-state index is 13.8. The Balaban J connectivity index is 1.96. The molecule has 0 atom stereocenters. The van der Waals surface area contributed by atoms with Gasteiger partial charge in [-0.2, -0.15) is 13.2 Å². The van der Waals surface area contributed by atoms with E-state index in [4.69, 9.17) is 4.74 Å². The number of thiol groups is 1. The summed E-state index contributed by atoms with van der Waals surface area (Å²) >= 11 is 4.15. The topological polar surface area (TPSA) is 59.4 Å². The van der Waals surface area contributed by atoms with E-state index in [-0.39, 0.29) is 34.6 Å². The van der Waals surface area contributed by atoms with E-state index in [1.54, 1.807) is 26.0 Å². The van der Waals surface area contributed by atoms with E-state index in [2.05, 4.69) is 23.1 Å². The maximum Gasteiger partial charge on any atom is 0.406 e. The van der Waals surface area contributed by atoms with Gasteiger partial charge in [-0.3, -0.25) is 0 Å². The predicted octanol–water partition coefficient (Wildman–Crippen LogP) is 5.72. The zero-order valence-electron chi connectivity index (χ0n) is 16.9. The van der Waals surface area contributed by atoms with Crippen LogP contribution in [0.5, 0.6) is 5.75 Å². The SMILES string of the molecule is Cc1nc2cccc(NC(=O)N(S)c3cc(F)ccc3OC(C)C)c2n1CC(F)(F)F. The van der Waals surface area contributed by atoms with Crippen LogP contribution >= 0.6 is 12.8 Å². The van der Waals surface area contributed by atoms with Crippen molar-refractivity contribution >= 4 is 41.3 Å². The number of halogens is 4. The molecule has 6 nitrogen and oxygen atoms in total. The van der Waals surface area contributed by atoms with Crippen molar-refractivity contribution in [1.29, 1.82) is 0 Å². The molecule has 0 aliphatic carbocycles. The Morgan fingerprint density at radius 1 is 1.29 bits per heavy atom. The quantitative estimate of drug-likeness (QED) is 0.382. The zero-order chi connectivity index (χ0) is 22.9. The molecule has 2 amide bonds. The summed E-state index contributed by atoms with van der Waals surface area (Å²) in [7, 11) is 0. The number of urea groups is 1. The molecule has 11 heteroatoms. The number of imidazole rings is 1. The van der Waals surface area contributed by atoms with Crippen LogP contribution < -0.4 is 14.4 Å². The van der Waals surface area contributed by atoms with Crippen LogP contribution in [0, 0.1) is 12.7 Å². The van der Waals surface area contributed by atoms with Gasteiger partial charge in [-0.25, -0.2) is 18.5 Å². The van der Waals surface area contributed by atoms with Crippen molar-refractivity contribution in [2.75, 3.05) is 9.62 Å². The average molecular weight is 456 g/mol. The summed E-state index contributed by atoms with van der Waals surface area (Å²) in [5.41, 5.74) is 0.556. The molecule has 3 rings (SSSR count). The predicted molar refractivity (Wildman–Crippen MR) is 113 cm³/mol. The Hall–Kier alpha value is -2.95. The Bertz CT molecular complexity index is 1110. The molecule has 166 valence electrons. The second kappa shape index (κ2) is 8.66. The Labute approximate surface area is 181 Å². The Kier molecular flexibility index (Phi) is 6.35. The van der Waals surface area contributed by atoms with E-state index >= 15 is 0 Å². The van der Waals surface area contributed by atoms with Crippen molar-refractivity contribution in [3.05, 3.63) is 48.0 Å². The van der Waals surface area contributed by atoms with Crippen LogP contribution in [0.1, 0.15) is 19.7 Å². The van der Waals surface area contributed by atoms with Crippen molar-refractivity contribution in [3.63, 3.8) is 0 Å². The molecule has 1 heterocycles. The number of rotatable bonds is 5. The third-order valence-corrected chi connectivity index (χ3v) is 4.64. The highest BCUT2D eigenvalue weighted by Gasteiger charge is 2.30. The number of para-hydroxylation sites is 1. The van der Waals surface area contributed by atoms with E-state index in [0.717, 1.165) is 14.9 Å². The van der Waals surface area contributed by atoms with Crippen molar-refractivity contribution in [2.45, 2.75) is 39.6 Å². The molecule has 0 radical (unpaired) electrons. The van der Waals surface area contributed by atoms with E-state index in [0.29, 0.717) is 5.52 Å². The summed E-state index contributed by atoms with van der Waals surface area (Å²) in [6.07, 6.45) is -4.72. The van der Waals surface area contributed by atoms with Gasteiger partial charge in [0.15, 0.2) is 0 Å². The maximum atomic E-state index is 13.8. The molecule has 0 aliphatic heterocycles. The van der Waals surface area contributed by atoms with Crippen molar-refractivity contribution in [3.8, 4) is 5.75 Å². The van der Waals surface area contributed by atoms with E-state index < -0.39 is 24.6 Å². The molecular weight excluding hydrogens is 436 g/mol. The minimum atomic E-state index is -4.48. The molecule has 3 aromatic rings. The normalized spacial score (nSPS) is 11.8. The first-order valence-electron chi connectivity index (χ1n) is 9.25. The number of aromatic nitrogens is 2. The number of fused-ring (bicyclic) bond motifs is 1. The van der Waals surface area contributed by atoms with Gasteiger partial charge in [0.25, 0.3) is 0 Å². The Morgan fingerprint density at radius 2 is 2.00 bits per heavy atom. The minimum absolute atomic E-state index is 0.0432. The largest absolute Gasteiger partial charge is 0.489 e. The standard InChI is InChI=1S/C20H20F4N4O2S/c1-11(2)30-17-8-7-13(21)9-16(17)28(31)19(29)26-15-6-4-5-14-18(15)27(12(3)25-14)10-20(22,23)24/h4-9,11,31H,10H2,1-3H3,(H,26,29). The van der Waals surface area contributed by atoms with Crippen molar-refractivity contribution < 1.29 is 27.1 Å². The molecule has 1 aromatic heterocycles. The number of carbonyl (C=O) groups excluding carboxylic acids is 1. The van der Waals surface area contributed by atoms with Crippen LogP contribution in [0.3, 0.4) is 0 Å². The number of nitrogens with zero attached hydrogens (tertiary/aromatic N) is 3. The molecule has 0 unspecified atom stereocenters. The number of benzene rings is 2. The number of anilines is 2. The highest BCUT2D eigenvalue weighted by molar-refractivity contribution is 7.82. The van der Waals surface area contributed by atoms with E-state index in [9.17, 15) is 22.4 Å². The molecule has 31 heavy (non-hydrogen) atoms. The first-order valence-corrected chi connectivity index (χ1v) is 9.65. The van der Waals surface area contributed by atoms with Gasteiger partial charge in [0.05, 0.1) is 22.8 Å². The molecular formula is C20H20F4N4O2S. The first kappa shape index (κ1) is 22.7. The van der Waals surface area contributed by atoms with Gasteiger partial charge < -0.3 is 14.6 Å². The number of nitrogens with one attached hydrogen (secondary N) is 1. The fraction of sp³-hybridized carbons (Fsp3) is 0.300. The zero-order valence-corrected chi connectivity index (χ0v) is 17.8. The van der Waals surface area contributed by atoms with Gasteiger partial charge in [-0.15, -0.1) is 0 Å². The number of alkyl halides is 3. The van der Waals surface area contributed by atoms with Crippen LogP contribution in [0.25, 0.3) is 11.0 Å². The summed E-state index contributed by atoms with van der Waals surface area (Å²) in [5.74, 6) is -0.244.